The first kappa shape index (κ1) is 15.6. The van der Waals surface area contributed by atoms with E-state index in [1.165, 1.54) is 23.1 Å². The maximum atomic E-state index is 12.3. The van der Waals surface area contributed by atoms with Crippen LogP contribution in [0.1, 0.15) is 33.1 Å². The molecule has 110 valence electrons. The Bertz CT molecular complexity index is 725. The van der Waals surface area contributed by atoms with Gasteiger partial charge in [0.15, 0.2) is 5.13 Å². The first-order valence-corrected chi connectivity index (χ1v) is 8.09. The van der Waals surface area contributed by atoms with Gasteiger partial charge in [-0.2, -0.15) is 5.26 Å². The number of carbonyl (C=O) groups excluding carboxylic acids is 1. The minimum absolute atomic E-state index is 0.215. The third kappa shape index (κ3) is 3.28. The monoisotopic (exact) mass is 321 g/mol. The van der Waals surface area contributed by atoms with Gasteiger partial charge in [0.25, 0.3) is 5.91 Å². The topological polar surface area (TPSA) is 78.9 Å². The Hall–Kier alpha value is -1.78. The van der Waals surface area contributed by atoms with Crippen LogP contribution in [0.4, 0.5) is 5.13 Å². The molecule has 0 saturated carbocycles. The zero-order valence-electron chi connectivity index (χ0n) is 12.2. The number of hydrogen-bond donors (Lipinski definition) is 1. The molecule has 0 aliphatic rings. The molecule has 0 aliphatic carbocycles. The van der Waals surface area contributed by atoms with Crippen molar-refractivity contribution in [3.8, 4) is 6.07 Å². The minimum atomic E-state index is -0.215. The molecule has 0 aliphatic heterocycles. The van der Waals surface area contributed by atoms with Crippen molar-refractivity contribution in [3.63, 3.8) is 0 Å². The van der Waals surface area contributed by atoms with Gasteiger partial charge in [0.2, 0.25) is 0 Å². The van der Waals surface area contributed by atoms with Crippen LogP contribution in [0.2, 0.25) is 0 Å². The molecule has 1 amide bonds. The minimum Gasteiger partial charge on any atom is -0.466 e. The second kappa shape index (κ2) is 6.33. The molecule has 0 bridgehead atoms. The number of hydrogen-bond acceptors (Lipinski definition) is 6. The van der Waals surface area contributed by atoms with Crippen LogP contribution in [-0.2, 0) is 0 Å². The zero-order valence-corrected chi connectivity index (χ0v) is 13.9. The third-order valence-electron chi connectivity index (χ3n) is 3.03. The van der Waals surface area contributed by atoms with Gasteiger partial charge >= 0.3 is 0 Å². The van der Waals surface area contributed by atoms with E-state index in [1.54, 1.807) is 6.92 Å². The first-order valence-electron chi connectivity index (χ1n) is 6.29. The van der Waals surface area contributed by atoms with Gasteiger partial charge in [0.1, 0.15) is 11.5 Å². The van der Waals surface area contributed by atoms with Crippen LogP contribution in [0.25, 0.3) is 0 Å². The zero-order chi connectivity index (χ0) is 15.6. The summed E-state index contributed by atoms with van der Waals surface area (Å²) in [7, 11) is 0. The van der Waals surface area contributed by atoms with Crippen molar-refractivity contribution in [1.82, 2.24) is 4.98 Å². The fourth-order valence-corrected chi connectivity index (χ4v) is 3.75. The van der Waals surface area contributed by atoms with Crippen molar-refractivity contribution in [2.24, 2.45) is 0 Å². The Labute approximate surface area is 131 Å². The Kier molecular flexibility index (Phi) is 4.70. The maximum Gasteiger partial charge on any atom is 0.261 e. The van der Waals surface area contributed by atoms with E-state index in [0.29, 0.717) is 22.2 Å². The molecule has 0 atom stereocenters. The molecule has 2 rings (SSSR count). The molecule has 0 fully saturated rings. The molecule has 2 aromatic rings. The van der Waals surface area contributed by atoms with Crippen molar-refractivity contribution in [2.75, 3.05) is 11.1 Å². The molecule has 1 N–H and O–H groups in total. The van der Waals surface area contributed by atoms with Gasteiger partial charge in [0.05, 0.1) is 27.3 Å². The number of nitrogens with zero attached hydrogens (tertiary/aromatic N) is 2. The highest BCUT2D eigenvalue weighted by Gasteiger charge is 2.20. The van der Waals surface area contributed by atoms with Crippen LogP contribution in [0.15, 0.2) is 8.63 Å². The van der Waals surface area contributed by atoms with Crippen LogP contribution < -0.4 is 5.32 Å². The molecule has 2 aromatic heterocycles. The number of aromatic nitrogens is 1. The number of nitriles is 1. The molecular weight excluding hydrogens is 306 g/mol. The number of amides is 1. The van der Waals surface area contributed by atoms with Crippen molar-refractivity contribution < 1.29 is 9.21 Å². The second-order valence-corrected chi connectivity index (χ2v) is 6.75. The SMILES string of the molecule is Cc1nc(NC(=O)c2c(C)oc(C)c2C)sc1SCC#N. The number of rotatable bonds is 4. The van der Waals surface area contributed by atoms with Gasteiger partial charge in [-0.1, -0.05) is 23.1 Å². The van der Waals surface area contributed by atoms with E-state index in [-0.39, 0.29) is 5.91 Å². The lowest BCUT2D eigenvalue weighted by Crippen LogP contribution is -2.13. The molecule has 0 saturated heterocycles. The van der Waals surface area contributed by atoms with E-state index in [9.17, 15) is 4.79 Å². The standard InChI is InChI=1S/C14H15N3O2S2/c1-7-9(3)19-10(4)11(7)12(18)17-14-16-8(2)13(21-14)20-6-5-15/h6H2,1-4H3,(H,16,17,18). The normalized spacial score (nSPS) is 10.4. The third-order valence-corrected chi connectivity index (χ3v) is 5.33. The largest absolute Gasteiger partial charge is 0.466 e. The Morgan fingerprint density at radius 3 is 2.67 bits per heavy atom. The first-order chi connectivity index (χ1) is 9.93. The number of anilines is 1. The van der Waals surface area contributed by atoms with Crippen LogP contribution in [0.5, 0.6) is 0 Å². The Morgan fingerprint density at radius 1 is 1.38 bits per heavy atom. The number of thiazole rings is 1. The summed E-state index contributed by atoms with van der Waals surface area (Å²) in [5.74, 6) is 1.51. The van der Waals surface area contributed by atoms with E-state index in [4.69, 9.17) is 9.68 Å². The molecular formula is C14H15N3O2S2. The van der Waals surface area contributed by atoms with Gasteiger partial charge < -0.3 is 4.42 Å². The van der Waals surface area contributed by atoms with Crippen molar-refractivity contribution in [1.29, 1.82) is 5.26 Å². The van der Waals surface area contributed by atoms with Crippen molar-refractivity contribution in [2.45, 2.75) is 31.9 Å². The molecule has 0 aromatic carbocycles. The average Bonchev–Trinajstić information content (AvgIpc) is 2.87. The molecule has 0 radical (unpaired) electrons. The summed E-state index contributed by atoms with van der Waals surface area (Å²) >= 11 is 2.81. The Morgan fingerprint density at radius 2 is 2.10 bits per heavy atom. The van der Waals surface area contributed by atoms with Crippen LogP contribution >= 0.6 is 23.1 Å². The summed E-state index contributed by atoms with van der Waals surface area (Å²) < 4.78 is 6.42. The highest BCUT2D eigenvalue weighted by Crippen LogP contribution is 2.32. The van der Waals surface area contributed by atoms with Crippen molar-refractivity contribution >= 4 is 34.1 Å². The lowest BCUT2D eigenvalue weighted by atomic mass is 10.1. The van der Waals surface area contributed by atoms with Gasteiger partial charge in [-0.15, -0.1) is 0 Å². The summed E-state index contributed by atoms with van der Waals surface area (Å²) in [4.78, 5) is 16.7. The van der Waals surface area contributed by atoms with Crippen LogP contribution in [0, 0.1) is 39.0 Å². The molecule has 0 unspecified atom stereocenters. The van der Waals surface area contributed by atoms with Gasteiger partial charge in [-0.05, 0) is 27.7 Å². The highest BCUT2D eigenvalue weighted by atomic mass is 32.2. The van der Waals surface area contributed by atoms with Gasteiger partial charge in [-0.3, -0.25) is 10.1 Å². The molecule has 5 nitrogen and oxygen atoms in total. The molecule has 7 heteroatoms. The Balaban J connectivity index is 2.18. The lowest BCUT2D eigenvalue weighted by molar-refractivity contribution is 0.102. The maximum absolute atomic E-state index is 12.3. The van der Waals surface area contributed by atoms with Crippen LogP contribution in [0.3, 0.4) is 0 Å². The lowest BCUT2D eigenvalue weighted by Gasteiger charge is -2.01. The predicted octanol–water partition coefficient (Wildman–Crippen LogP) is 3.84. The average molecular weight is 321 g/mol. The van der Waals surface area contributed by atoms with Crippen molar-refractivity contribution in [3.05, 3.63) is 28.3 Å². The van der Waals surface area contributed by atoms with E-state index in [0.717, 1.165) is 21.2 Å². The van der Waals surface area contributed by atoms with E-state index in [1.807, 2.05) is 20.8 Å². The number of furan rings is 1. The summed E-state index contributed by atoms with van der Waals surface area (Å²) in [5.41, 5.74) is 2.23. The predicted molar refractivity (Wildman–Crippen MR) is 84.1 cm³/mol. The fraction of sp³-hybridized carbons (Fsp3) is 0.357. The molecule has 0 spiro atoms. The van der Waals surface area contributed by atoms with Crippen LogP contribution in [-0.4, -0.2) is 16.6 Å². The quantitative estimate of drug-likeness (QED) is 0.866. The number of aryl methyl sites for hydroxylation is 3. The van der Waals surface area contributed by atoms with E-state index in [2.05, 4.69) is 16.4 Å². The number of nitrogens with one attached hydrogen (secondary N) is 1. The fourth-order valence-electron chi connectivity index (χ4n) is 1.95. The van der Waals surface area contributed by atoms with E-state index < -0.39 is 0 Å². The van der Waals surface area contributed by atoms with E-state index >= 15 is 0 Å². The smallest absolute Gasteiger partial charge is 0.261 e. The summed E-state index contributed by atoms with van der Waals surface area (Å²) in [6, 6.07) is 2.08. The van der Waals surface area contributed by atoms with Gasteiger partial charge in [0, 0.05) is 5.56 Å². The molecule has 21 heavy (non-hydrogen) atoms. The number of carbonyl (C=O) groups is 1. The second-order valence-electron chi connectivity index (χ2n) is 4.51. The number of thioether (sulfide) groups is 1. The summed E-state index contributed by atoms with van der Waals surface area (Å²) in [6.45, 7) is 7.34. The highest BCUT2D eigenvalue weighted by molar-refractivity contribution is 8.01. The van der Waals surface area contributed by atoms with Gasteiger partial charge in [-0.25, -0.2) is 4.98 Å². The summed E-state index contributed by atoms with van der Waals surface area (Å²) in [5, 5.41) is 12.0. The molecule has 2 heterocycles. The summed E-state index contributed by atoms with van der Waals surface area (Å²) in [6.07, 6.45) is 0.